The Morgan fingerprint density at radius 2 is 2.03 bits per heavy atom. The number of hydrogen-bond donors (Lipinski definition) is 6. The number of hydrazone groups is 1. The smallest absolute Gasteiger partial charge is 0.335 e. The van der Waals surface area contributed by atoms with Crippen LogP contribution in [0.5, 0.6) is 5.75 Å². The van der Waals surface area contributed by atoms with Crippen LogP contribution in [0.2, 0.25) is 0 Å². The predicted octanol–water partition coefficient (Wildman–Crippen LogP) is 0.210. The van der Waals surface area contributed by atoms with Gasteiger partial charge in [-0.25, -0.2) is 9.80 Å². The lowest BCUT2D eigenvalue weighted by Gasteiger charge is -2.41. The number of carbonyl (C=O) groups is 1. The Bertz CT molecular complexity index is 1040. The molecule has 1 aliphatic heterocycles. The maximum absolute atomic E-state index is 11.5. The molecule has 1 aliphatic rings. The largest absolute Gasteiger partial charge is 0.497 e. The quantitative estimate of drug-likeness (QED) is 0.127. The number of rotatable bonds is 9. The molecule has 0 radical (unpaired) electrons. The molecule has 1 aromatic carbocycles. The van der Waals surface area contributed by atoms with Crippen LogP contribution in [-0.2, 0) is 9.53 Å². The third kappa shape index (κ3) is 5.47. The molecule has 1 fully saturated rings. The molecule has 0 saturated carbocycles. The van der Waals surface area contributed by atoms with Gasteiger partial charge in [0.25, 0.3) is 0 Å². The van der Waals surface area contributed by atoms with E-state index < -0.39 is 36.6 Å². The lowest BCUT2D eigenvalue weighted by Crippen LogP contribution is -2.64. The monoisotopic (exact) mass is 477 g/mol. The second-order valence-electron chi connectivity index (χ2n) is 7.95. The maximum Gasteiger partial charge on any atom is 0.335 e. The molecule has 5 atom stereocenters. The number of nitrogens with zero attached hydrogens (tertiary/aromatic N) is 3. The summed E-state index contributed by atoms with van der Waals surface area (Å²) in [5.41, 5.74) is 7.62. The standard InChI is InChI=1S/C22H31N5O7/c1-3-4-5-8-24-22(23)27(20-18(30)16(28)17(29)19(34-20)21(31)32)26-11-12-10-25-15-7-6-13(33-2)9-14(12)15/h6-7,9-11,16-20,25,28-30H,3-5,8H2,1-2H3,(H2,23,24)(H,31,32)/b26-11+/t16-,17-,18+,19-,20+/m0/s1. The highest BCUT2D eigenvalue weighted by Gasteiger charge is 2.49. The Kier molecular flexibility index (Phi) is 8.45. The number of nitrogens with two attached hydrogens (primary N) is 1. The van der Waals surface area contributed by atoms with Crippen molar-refractivity contribution in [3.05, 3.63) is 30.0 Å². The first kappa shape index (κ1) is 25.4. The summed E-state index contributed by atoms with van der Waals surface area (Å²) in [5, 5.41) is 46.3. The highest BCUT2D eigenvalue weighted by molar-refractivity contribution is 5.99. The van der Waals surface area contributed by atoms with Gasteiger partial charge in [0.2, 0.25) is 5.96 Å². The van der Waals surface area contributed by atoms with Gasteiger partial charge in [0, 0.05) is 29.2 Å². The van der Waals surface area contributed by atoms with Gasteiger partial charge in [0.15, 0.2) is 12.3 Å². The third-order valence-corrected chi connectivity index (χ3v) is 5.58. The minimum Gasteiger partial charge on any atom is -0.497 e. The van der Waals surface area contributed by atoms with Crippen molar-refractivity contribution in [2.75, 3.05) is 13.7 Å². The highest BCUT2D eigenvalue weighted by Crippen LogP contribution is 2.26. The van der Waals surface area contributed by atoms with Crippen molar-refractivity contribution in [1.82, 2.24) is 9.99 Å². The number of aliphatic hydroxyl groups excluding tert-OH is 3. The fourth-order valence-corrected chi connectivity index (χ4v) is 3.63. The second kappa shape index (κ2) is 11.3. The number of H-pyrrole nitrogens is 1. The number of carboxylic acid groups (broad SMARTS) is 1. The maximum atomic E-state index is 11.5. The molecule has 3 rings (SSSR count). The fourth-order valence-electron chi connectivity index (χ4n) is 3.63. The Hall–Kier alpha value is -3.19. The van der Waals surface area contributed by atoms with E-state index in [4.69, 9.17) is 15.2 Å². The van der Waals surface area contributed by atoms with Crippen molar-refractivity contribution in [1.29, 1.82) is 0 Å². The van der Waals surface area contributed by atoms with E-state index in [1.54, 1.807) is 19.4 Å². The Morgan fingerprint density at radius 3 is 2.71 bits per heavy atom. The molecule has 0 bridgehead atoms. The summed E-state index contributed by atoms with van der Waals surface area (Å²) in [6, 6.07) is 5.46. The first-order valence-corrected chi connectivity index (χ1v) is 11.0. The summed E-state index contributed by atoms with van der Waals surface area (Å²) in [5.74, 6) is -1.00. The summed E-state index contributed by atoms with van der Waals surface area (Å²) in [7, 11) is 1.55. The van der Waals surface area contributed by atoms with Crippen molar-refractivity contribution in [2.24, 2.45) is 15.8 Å². The van der Waals surface area contributed by atoms with Gasteiger partial charge in [-0.2, -0.15) is 5.10 Å². The molecule has 0 aliphatic carbocycles. The van der Waals surface area contributed by atoms with Gasteiger partial charge >= 0.3 is 5.97 Å². The number of guanidine groups is 1. The van der Waals surface area contributed by atoms with Crippen LogP contribution in [0.15, 0.2) is 34.5 Å². The van der Waals surface area contributed by atoms with E-state index in [1.165, 1.54) is 6.21 Å². The van der Waals surface area contributed by atoms with Crippen LogP contribution in [-0.4, -0.2) is 92.9 Å². The number of fused-ring (bicyclic) bond motifs is 1. The number of benzene rings is 1. The van der Waals surface area contributed by atoms with Gasteiger partial charge in [0.1, 0.15) is 24.1 Å². The van der Waals surface area contributed by atoms with Crippen molar-refractivity contribution >= 4 is 29.0 Å². The van der Waals surface area contributed by atoms with Crippen molar-refractivity contribution in [2.45, 2.75) is 56.8 Å². The minimum absolute atomic E-state index is 0.137. The fraction of sp³-hybridized carbons (Fsp3) is 0.500. The van der Waals surface area contributed by atoms with Gasteiger partial charge in [-0.1, -0.05) is 19.8 Å². The molecule has 2 heterocycles. The van der Waals surface area contributed by atoms with E-state index in [1.807, 2.05) is 19.1 Å². The zero-order valence-corrected chi connectivity index (χ0v) is 19.0. The van der Waals surface area contributed by atoms with Gasteiger partial charge in [0.05, 0.1) is 13.3 Å². The van der Waals surface area contributed by atoms with Crippen LogP contribution in [0.4, 0.5) is 0 Å². The Balaban J connectivity index is 1.96. The van der Waals surface area contributed by atoms with Crippen LogP contribution >= 0.6 is 0 Å². The first-order chi connectivity index (χ1) is 16.3. The number of ether oxygens (including phenoxy) is 2. The first-order valence-electron chi connectivity index (χ1n) is 11.0. The summed E-state index contributed by atoms with van der Waals surface area (Å²) in [6.45, 7) is 2.43. The number of aliphatic hydroxyl groups is 3. The Morgan fingerprint density at radius 1 is 1.26 bits per heavy atom. The number of aliphatic carboxylic acids is 1. The molecule has 12 nitrogen and oxygen atoms in total. The second-order valence-corrected chi connectivity index (χ2v) is 7.95. The molecule has 0 amide bonds. The third-order valence-electron chi connectivity index (χ3n) is 5.58. The van der Waals surface area contributed by atoms with Gasteiger partial charge in [-0.05, 0) is 24.6 Å². The normalized spacial score (nSPS) is 25.7. The number of methoxy groups -OCH3 is 1. The van der Waals surface area contributed by atoms with Gasteiger partial charge < -0.3 is 40.6 Å². The van der Waals surface area contributed by atoms with E-state index in [0.29, 0.717) is 17.9 Å². The van der Waals surface area contributed by atoms with Crippen LogP contribution < -0.4 is 10.5 Å². The van der Waals surface area contributed by atoms with Crippen LogP contribution in [0.25, 0.3) is 10.9 Å². The number of unbranched alkanes of at least 4 members (excludes halogenated alkanes) is 2. The van der Waals surface area contributed by atoms with Crippen LogP contribution in [0.3, 0.4) is 0 Å². The van der Waals surface area contributed by atoms with Gasteiger partial charge in [-0.15, -0.1) is 0 Å². The minimum atomic E-state index is -1.83. The molecule has 186 valence electrons. The molecule has 0 spiro atoms. The summed E-state index contributed by atoms with van der Waals surface area (Å²) < 4.78 is 10.7. The number of nitrogens with one attached hydrogen (secondary N) is 1. The molecule has 1 aromatic heterocycles. The number of aromatic amines is 1. The molecular weight excluding hydrogens is 446 g/mol. The molecule has 1 saturated heterocycles. The summed E-state index contributed by atoms with van der Waals surface area (Å²) >= 11 is 0. The summed E-state index contributed by atoms with van der Waals surface area (Å²) in [6.07, 6.45) is -2.83. The molecular formula is C22H31N5O7. The van der Waals surface area contributed by atoms with E-state index in [2.05, 4.69) is 15.1 Å². The molecule has 7 N–H and O–H groups in total. The number of aliphatic imine (C=N–C) groups is 1. The number of aromatic nitrogens is 1. The van der Waals surface area contributed by atoms with Crippen molar-refractivity contribution in [3.8, 4) is 5.75 Å². The zero-order chi connectivity index (χ0) is 24.8. The molecule has 2 aromatic rings. The van der Waals surface area contributed by atoms with Crippen LogP contribution in [0, 0.1) is 0 Å². The predicted molar refractivity (Wildman–Crippen MR) is 125 cm³/mol. The van der Waals surface area contributed by atoms with Crippen molar-refractivity contribution in [3.63, 3.8) is 0 Å². The molecule has 0 unspecified atom stereocenters. The highest BCUT2D eigenvalue weighted by atomic mass is 16.6. The lowest BCUT2D eigenvalue weighted by molar-refractivity contribution is -0.250. The van der Waals surface area contributed by atoms with E-state index in [0.717, 1.165) is 35.2 Å². The van der Waals surface area contributed by atoms with E-state index >= 15 is 0 Å². The average Bonchev–Trinajstić information content (AvgIpc) is 3.23. The number of carboxylic acids is 1. The van der Waals surface area contributed by atoms with E-state index in [-0.39, 0.29) is 5.96 Å². The zero-order valence-electron chi connectivity index (χ0n) is 19.0. The lowest BCUT2D eigenvalue weighted by atomic mass is 9.98. The molecule has 34 heavy (non-hydrogen) atoms. The van der Waals surface area contributed by atoms with Crippen molar-refractivity contribution < 1.29 is 34.7 Å². The van der Waals surface area contributed by atoms with Gasteiger partial charge in [-0.3, -0.25) is 4.99 Å². The van der Waals surface area contributed by atoms with Crippen LogP contribution in [0.1, 0.15) is 31.7 Å². The average molecular weight is 478 g/mol. The molecule has 12 heteroatoms. The number of hydrogen-bond acceptors (Lipinski definition) is 8. The van der Waals surface area contributed by atoms with E-state index in [9.17, 15) is 25.2 Å². The topological polar surface area (TPSA) is 186 Å². The SMILES string of the molecule is CCCCCN=C(N)N(/N=C/c1c[nH]c2ccc(OC)cc12)[C@@H]1O[C@H](C(=O)O)[C@@H](O)[C@H](O)[C@H]1O. The summed E-state index contributed by atoms with van der Waals surface area (Å²) in [4.78, 5) is 18.9. The Labute approximate surface area is 196 Å².